The maximum atomic E-state index is 12.1. The van der Waals surface area contributed by atoms with Crippen molar-refractivity contribution in [1.82, 2.24) is 0 Å². The number of Topliss-reactive ketones (excluding diaryl/α,β-unsaturated/α-hetero) is 1. The maximum absolute atomic E-state index is 12.1. The van der Waals surface area contributed by atoms with E-state index < -0.39 is 4.92 Å². The van der Waals surface area contributed by atoms with Gasteiger partial charge in [-0.1, -0.05) is 30.3 Å². The Morgan fingerprint density at radius 2 is 1.70 bits per heavy atom. The summed E-state index contributed by atoms with van der Waals surface area (Å²) in [6, 6.07) is 9.91. The Morgan fingerprint density at radius 1 is 1.07 bits per heavy atom. The minimum atomic E-state index is -0.573. The van der Waals surface area contributed by atoms with Crippen molar-refractivity contribution in [3.8, 4) is 17.2 Å². The summed E-state index contributed by atoms with van der Waals surface area (Å²) in [5.74, 6) is -0.152. The fourth-order valence-electron chi connectivity index (χ4n) is 3.04. The first-order valence-corrected chi connectivity index (χ1v) is 8.52. The molecule has 0 aliphatic carbocycles. The summed E-state index contributed by atoms with van der Waals surface area (Å²) in [5, 5.41) is 11.6. The number of hydrogen-bond donors (Lipinski definition) is 0. The number of benzene rings is 2. The molecule has 0 aliphatic heterocycles. The molecule has 7 heteroatoms. The molecule has 0 radical (unpaired) electrons. The quantitative estimate of drug-likeness (QED) is 0.284. The summed E-state index contributed by atoms with van der Waals surface area (Å²) in [4.78, 5) is 23.1. The number of rotatable bonds is 9. The molecule has 0 amide bonds. The Labute approximate surface area is 158 Å². The van der Waals surface area contributed by atoms with Crippen molar-refractivity contribution >= 4 is 11.5 Å². The van der Waals surface area contributed by atoms with Gasteiger partial charge >= 0.3 is 5.69 Å². The number of nitro groups is 1. The van der Waals surface area contributed by atoms with E-state index in [4.69, 9.17) is 14.2 Å². The number of nitrogens with zero attached hydrogens (tertiary/aromatic N) is 1. The predicted octanol–water partition coefficient (Wildman–Crippen LogP) is 4.13. The van der Waals surface area contributed by atoms with Crippen LogP contribution >= 0.6 is 0 Å². The Morgan fingerprint density at radius 3 is 2.22 bits per heavy atom. The summed E-state index contributed by atoms with van der Waals surface area (Å²) >= 11 is 0. The highest BCUT2D eigenvalue weighted by molar-refractivity contribution is 6.01. The molecule has 0 aliphatic rings. The molecule has 0 bridgehead atoms. The van der Waals surface area contributed by atoms with Gasteiger partial charge in [-0.05, 0) is 32.3 Å². The average molecular weight is 373 g/mol. The summed E-state index contributed by atoms with van der Waals surface area (Å²) < 4.78 is 16.4. The number of carbonyl (C=O) groups is 1. The standard InChI is InChI=1S/C20H23NO6/c1-13-16(14(2)22)18(25-3)20(19(26-4)17(13)21(23)24)27-12-8-11-15-9-6-5-7-10-15/h5-7,9-10H,8,11-12H2,1-4H3. The Kier molecular flexibility index (Phi) is 6.76. The van der Waals surface area contributed by atoms with Gasteiger partial charge in [-0.15, -0.1) is 0 Å². The van der Waals surface area contributed by atoms with Gasteiger partial charge in [0.05, 0.1) is 31.3 Å². The van der Waals surface area contributed by atoms with Gasteiger partial charge in [-0.3, -0.25) is 14.9 Å². The lowest BCUT2D eigenvalue weighted by Crippen LogP contribution is -2.10. The van der Waals surface area contributed by atoms with Crippen LogP contribution in [0.15, 0.2) is 30.3 Å². The minimum absolute atomic E-state index is 0.0425. The number of nitro benzene ring substituents is 1. The SMILES string of the molecule is COc1c(OCCCc2ccccc2)c(OC)c([N+](=O)[O-])c(C)c1C(C)=O. The molecule has 2 aromatic carbocycles. The highest BCUT2D eigenvalue weighted by Crippen LogP contribution is 2.49. The molecule has 27 heavy (non-hydrogen) atoms. The highest BCUT2D eigenvalue weighted by atomic mass is 16.6. The van der Waals surface area contributed by atoms with Crippen LogP contribution in [0.1, 0.15) is 34.8 Å². The molecule has 0 heterocycles. The third kappa shape index (κ3) is 4.36. The summed E-state index contributed by atoms with van der Waals surface area (Å²) in [6.45, 7) is 3.12. The van der Waals surface area contributed by atoms with Gasteiger partial charge in [0.1, 0.15) is 0 Å². The van der Waals surface area contributed by atoms with Crippen molar-refractivity contribution in [3.63, 3.8) is 0 Å². The molecule has 2 rings (SSSR count). The van der Waals surface area contributed by atoms with Crippen molar-refractivity contribution in [2.75, 3.05) is 20.8 Å². The predicted molar refractivity (Wildman–Crippen MR) is 101 cm³/mol. The van der Waals surface area contributed by atoms with E-state index >= 15 is 0 Å². The first kappa shape index (κ1) is 20.2. The molecule has 0 spiro atoms. The summed E-state index contributed by atoms with van der Waals surface area (Å²) in [6.07, 6.45) is 1.48. The van der Waals surface area contributed by atoms with Crippen LogP contribution in [0.5, 0.6) is 17.2 Å². The van der Waals surface area contributed by atoms with Crippen LogP contribution in [0.2, 0.25) is 0 Å². The lowest BCUT2D eigenvalue weighted by Gasteiger charge is -2.18. The zero-order valence-corrected chi connectivity index (χ0v) is 15.9. The first-order chi connectivity index (χ1) is 12.9. The summed E-state index contributed by atoms with van der Waals surface area (Å²) in [5.41, 5.74) is 1.20. The second-order valence-electron chi connectivity index (χ2n) is 6.00. The molecule has 0 atom stereocenters. The van der Waals surface area contributed by atoms with Gasteiger partial charge < -0.3 is 14.2 Å². The third-order valence-corrected chi connectivity index (χ3v) is 4.23. The van der Waals surface area contributed by atoms with Crippen LogP contribution in [-0.4, -0.2) is 31.5 Å². The number of carbonyl (C=O) groups excluding carboxylic acids is 1. The van der Waals surface area contributed by atoms with Gasteiger partial charge in [-0.2, -0.15) is 0 Å². The number of ketones is 1. The monoisotopic (exact) mass is 373 g/mol. The van der Waals surface area contributed by atoms with E-state index in [0.29, 0.717) is 13.0 Å². The topological polar surface area (TPSA) is 87.9 Å². The van der Waals surface area contributed by atoms with E-state index in [1.165, 1.54) is 33.6 Å². The fourth-order valence-corrected chi connectivity index (χ4v) is 3.04. The van der Waals surface area contributed by atoms with E-state index in [2.05, 4.69) is 0 Å². The lowest BCUT2D eigenvalue weighted by molar-refractivity contribution is -0.386. The zero-order valence-electron chi connectivity index (χ0n) is 15.9. The second-order valence-corrected chi connectivity index (χ2v) is 6.00. The van der Waals surface area contributed by atoms with E-state index in [0.717, 1.165) is 6.42 Å². The molecule has 0 saturated carbocycles. The first-order valence-electron chi connectivity index (χ1n) is 8.52. The van der Waals surface area contributed by atoms with E-state index in [1.54, 1.807) is 0 Å². The molecule has 2 aromatic rings. The molecule has 0 N–H and O–H groups in total. The molecular formula is C20H23NO6. The molecule has 0 unspecified atom stereocenters. The van der Waals surface area contributed by atoms with Crippen molar-refractivity contribution in [2.24, 2.45) is 0 Å². The Bertz CT molecular complexity index is 789. The van der Waals surface area contributed by atoms with Crippen molar-refractivity contribution in [1.29, 1.82) is 0 Å². The average Bonchev–Trinajstić information content (AvgIpc) is 2.64. The van der Waals surface area contributed by atoms with Crippen LogP contribution in [0, 0.1) is 17.0 Å². The molecule has 144 valence electrons. The Hall–Kier alpha value is -3.09. The molecule has 0 saturated heterocycles. The molecular weight excluding hydrogens is 350 g/mol. The van der Waals surface area contributed by atoms with Crippen LogP contribution in [-0.2, 0) is 6.42 Å². The van der Waals surface area contributed by atoms with Crippen LogP contribution in [0.25, 0.3) is 0 Å². The largest absolute Gasteiger partial charge is 0.492 e. The third-order valence-electron chi connectivity index (χ3n) is 4.23. The second kappa shape index (κ2) is 9.02. The number of ether oxygens (including phenoxy) is 3. The molecule has 0 fully saturated rings. The zero-order chi connectivity index (χ0) is 20.0. The highest BCUT2D eigenvalue weighted by Gasteiger charge is 2.33. The van der Waals surface area contributed by atoms with Gasteiger partial charge in [0, 0.05) is 5.56 Å². The normalized spacial score (nSPS) is 10.4. The molecule has 7 nitrogen and oxygen atoms in total. The smallest absolute Gasteiger partial charge is 0.318 e. The van der Waals surface area contributed by atoms with E-state index in [9.17, 15) is 14.9 Å². The lowest BCUT2D eigenvalue weighted by atomic mass is 10.0. The van der Waals surface area contributed by atoms with Crippen molar-refractivity contribution in [3.05, 3.63) is 57.1 Å². The molecule has 0 aromatic heterocycles. The van der Waals surface area contributed by atoms with Gasteiger partial charge in [-0.25, -0.2) is 0 Å². The minimum Gasteiger partial charge on any atom is -0.492 e. The van der Waals surface area contributed by atoms with Gasteiger partial charge in [0.2, 0.25) is 11.5 Å². The number of hydrogen-bond acceptors (Lipinski definition) is 6. The van der Waals surface area contributed by atoms with Gasteiger partial charge in [0.25, 0.3) is 0 Å². The Balaban J connectivity index is 2.37. The van der Waals surface area contributed by atoms with E-state index in [1.807, 2.05) is 30.3 Å². The van der Waals surface area contributed by atoms with Crippen LogP contribution in [0.4, 0.5) is 5.69 Å². The van der Waals surface area contributed by atoms with E-state index in [-0.39, 0.29) is 39.8 Å². The van der Waals surface area contributed by atoms with Crippen LogP contribution < -0.4 is 14.2 Å². The van der Waals surface area contributed by atoms with Crippen molar-refractivity contribution < 1.29 is 23.9 Å². The maximum Gasteiger partial charge on any atom is 0.318 e. The number of methoxy groups -OCH3 is 2. The van der Waals surface area contributed by atoms with Gasteiger partial charge in [0.15, 0.2) is 11.5 Å². The van der Waals surface area contributed by atoms with Crippen LogP contribution in [0.3, 0.4) is 0 Å². The fraction of sp³-hybridized carbons (Fsp3) is 0.350. The number of aryl methyl sites for hydroxylation is 1. The van der Waals surface area contributed by atoms with Crippen molar-refractivity contribution in [2.45, 2.75) is 26.7 Å². The summed E-state index contributed by atoms with van der Waals surface area (Å²) in [7, 11) is 2.72.